The van der Waals surface area contributed by atoms with Crippen molar-refractivity contribution in [3.05, 3.63) is 89.0 Å². The third-order valence-corrected chi connectivity index (χ3v) is 6.10. The third kappa shape index (κ3) is 5.27. The van der Waals surface area contributed by atoms with Gasteiger partial charge in [0.15, 0.2) is 12.4 Å². The number of carbonyl (C=O) groups excluding carboxylic acids is 3. The molecule has 6 nitrogen and oxygen atoms in total. The number of rotatable bonds is 9. The lowest BCUT2D eigenvalue weighted by molar-refractivity contribution is -0.145. The van der Waals surface area contributed by atoms with Gasteiger partial charge < -0.3 is 14.8 Å². The molecule has 35 heavy (non-hydrogen) atoms. The Morgan fingerprint density at radius 3 is 2.40 bits per heavy atom. The Labute approximate surface area is 205 Å². The smallest absolute Gasteiger partial charge is 0.329 e. The molecule has 0 bridgehead atoms. The fourth-order valence-electron chi connectivity index (χ4n) is 4.26. The second-order valence-corrected chi connectivity index (χ2v) is 8.86. The van der Waals surface area contributed by atoms with Crippen molar-refractivity contribution in [3.8, 4) is 16.9 Å². The quantitative estimate of drug-likeness (QED) is 0.279. The molecule has 0 spiro atoms. The number of esters is 1. The van der Waals surface area contributed by atoms with Gasteiger partial charge in [0, 0.05) is 5.56 Å². The van der Waals surface area contributed by atoms with Crippen LogP contribution in [0.5, 0.6) is 5.75 Å². The van der Waals surface area contributed by atoms with Crippen LogP contribution in [0.1, 0.15) is 52.6 Å². The SMILES string of the molecule is CCOc1ccccc1C(=O)N[C@@H](C(=O)OCC(=O)c1ccc2c(c1)-c1ccccc1C2)C(C)C. The topological polar surface area (TPSA) is 81.7 Å². The standard InChI is InChI=1S/C29H29NO5/c1-4-34-26-12-8-7-11-23(26)28(32)30-27(18(2)3)29(33)35-17-25(31)21-14-13-20-15-19-9-5-6-10-22(19)24(20)16-21/h5-14,16,18,27H,4,15,17H2,1-3H3,(H,30,32)/t27-/m1/s1. The molecule has 1 N–H and O–H groups in total. The van der Waals surface area contributed by atoms with Crippen molar-refractivity contribution in [3.63, 3.8) is 0 Å². The van der Waals surface area contributed by atoms with Crippen LogP contribution in [-0.4, -0.2) is 36.9 Å². The zero-order valence-electron chi connectivity index (χ0n) is 20.2. The summed E-state index contributed by atoms with van der Waals surface area (Å²) in [6.45, 7) is 5.46. The number of nitrogens with one attached hydrogen (secondary N) is 1. The van der Waals surface area contributed by atoms with Crippen molar-refractivity contribution in [1.82, 2.24) is 5.32 Å². The van der Waals surface area contributed by atoms with E-state index < -0.39 is 24.5 Å². The lowest BCUT2D eigenvalue weighted by Crippen LogP contribution is -2.45. The van der Waals surface area contributed by atoms with Gasteiger partial charge in [-0.25, -0.2) is 4.79 Å². The van der Waals surface area contributed by atoms with Crippen LogP contribution < -0.4 is 10.1 Å². The number of Topliss-reactive ketones (excluding diaryl/α,β-unsaturated/α-hetero) is 1. The second kappa shape index (κ2) is 10.6. The van der Waals surface area contributed by atoms with Gasteiger partial charge in [0.2, 0.25) is 0 Å². The van der Waals surface area contributed by atoms with Crippen LogP contribution in [0.15, 0.2) is 66.7 Å². The van der Waals surface area contributed by atoms with Crippen LogP contribution >= 0.6 is 0 Å². The van der Waals surface area contributed by atoms with Crippen LogP contribution in [0.3, 0.4) is 0 Å². The summed E-state index contributed by atoms with van der Waals surface area (Å²) in [5.41, 5.74) is 5.41. The molecule has 1 amide bonds. The van der Waals surface area contributed by atoms with Crippen LogP contribution in [-0.2, 0) is 16.0 Å². The molecule has 4 rings (SSSR count). The molecule has 0 heterocycles. The Morgan fingerprint density at radius 2 is 1.63 bits per heavy atom. The molecule has 180 valence electrons. The first-order chi connectivity index (χ1) is 16.9. The lowest BCUT2D eigenvalue weighted by atomic mass is 10.0. The van der Waals surface area contributed by atoms with E-state index in [-0.39, 0.29) is 11.7 Å². The number of para-hydroxylation sites is 1. The Hall–Kier alpha value is -3.93. The first-order valence-corrected chi connectivity index (χ1v) is 11.8. The van der Waals surface area contributed by atoms with Gasteiger partial charge in [0.05, 0.1) is 12.2 Å². The molecule has 3 aromatic rings. The third-order valence-electron chi connectivity index (χ3n) is 6.10. The first kappa shape index (κ1) is 24.2. The molecule has 0 saturated heterocycles. The number of hydrogen-bond donors (Lipinski definition) is 1. The minimum Gasteiger partial charge on any atom is -0.493 e. The summed E-state index contributed by atoms with van der Waals surface area (Å²) in [6.07, 6.45) is 0.844. The van der Waals surface area contributed by atoms with Gasteiger partial charge in [0.25, 0.3) is 5.91 Å². The molecule has 1 atom stereocenters. The van der Waals surface area contributed by atoms with Crippen molar-refractivity contribution >= 4 is 17.7 Å². The van der Waals surface area contributed by atoms with E-state index in [1.807, 2.05) is 31.2 Å². The molecule has 3 aromatic carbocycles. The van der Waals surface area contributed by atoms with Crippen LogP contribution in [0, 0.1) is 5.92 Å². The van der Waals surface area contributed by atoms with Gasteiger partial charge in [-0.3, -0.25) is 9.59 Å². The van der Waals surface area contributed by atoms with E-state index in [0.717, 1.165) is 17.5 Å². The Balaban J connectivity index is 1.42. The molecule has 6 heteroatoms. The minimum atomic E-state index is -0.906. The van der Waals surface area contributed by atoms with Crippen LogP contribution in [0.4, 0.5) is 0 Å². The van der Waals surface area contributed by atoms with Gasteiger partial charge in [-0.05, 0) is 59.7 Å². The van der Waals surface area contributed by atoms with E-state index in [2.05, 4.69) is 17.4 Å². The molecule has 0 aliphatic heterocycles. The van der Waals surface area contributed by atoms with Gasteiger partial charge in [-0.15, -0.1) is 0 Å². The summed E-state index contributed by atoms with van der Waals surface area (Å²) in [6, 6.07) is 19.7. The summed E-state index contributed by atoms with van der Waals surface area (Å²) < 4.78 is 10.9. The number of ketones is 1. The van der Waals surface area contributed by atoms with Crippen molar-refractivity contribution in [2.45, 2.75) is 33.2 Å². The van der Waals surface area contributed by atoms with Crippen molar-refractivity contribution < 1.29 is 23.9 Å². The summed E-state index contributed by atoms with van der Waals surface area (Å²) in [7, 11) is 0. The average molecular weight is 472 g/mol. The minimum absolute atomic E-state index is 0.239. The van der Waals surface area contributed by atoms with E-state index in [1.54, 1.807) is 44.2 Å². The molecule has 0 saturated carbocycles. The van der Waals surface area contributed by atoms with Crippen molar-refractivity contribution in [2.24, 2.45) is 5.92 Å². The predicted molar refractivity (Wildman–Crippen MR) is 134 cm³/mol. The molecule has 1 aliphatic carbocycles. The fourth-order valence-corrected chi connectivity index (χ4v) is 4.26. The van der Waals surface area contributed by atoms with E-state index in [4.69, 9.17) is 9.47 Å². The molecule has 0 unspecified atom stereocenters. The monoisotopic (exact) mass is 471 g/mol. The molecule has 0 aromatic heterocycles. The van der Waals surface area contributed by atoms with Gasteiger partial charge in [-0.1, -0.05) is 62.4 Å². The predicted octanol–water partition coefficient (Wildman–Crippen LogP) is 4.84. The first-order valence-electron chi connectivity index (χ1n) is 11.8. The number of benzene rings is 3. The highest BCUT2D eigenvalue weighted by Crippen LogP contribution is 2.36. The Bertz CT molecular complexity index is 1260. The number of fused-ring (bicyclic) bond motifs is 3. The molecular formula is C29H29NO5. The molecular weight excluding hydrogens is 442 g/mol. The molecule has 1 aliphatic rings. The normalized spacial score (nSPS) is 12.5. The number of amides is 1. The van der Waals surface area contributed by atoms with Crippen molar-refractivity contribution in [1.29, 1.82) is 0 Å². The summed E-state index contributed by atoms with van der Waals surface area (Å²) in [4.78, 5) is 38.5. The van der Waals surface area contributed by atoms with E-state index >= 15 is 0 Å². The number of carbonyl (C=O) groups is 3. The van der Waals surface area contributed by atoms with E-state index in [9.17, 15) is 14.4 Å². The number of hydrogen-bond acceptors (Lipinski definition) is 5. The van der Waals surface area contributed by atoms with Crippen molar-refractivity contribution in [2.75, 3.05) is 13.2 Å². The van der Waals surface area contributed by atoms with Gasteiger partial charge in [0.1, 0.15) is 11.8 Å². The molecule has 0 radical (unpaired) electrons. The highest BCUT2D eigenvalue weighted by atomic mass is 16.5. The lowest BCUT2D eigenvalue weighted by Gasteiger charge is -2.21. The maximum absolute atomic E-state index is 12.9. The fraction of sp³-hybridized carbons (Fsp3) is 0.276. The van der Waals surface area contributed by atoms with E-state index in [0.29, 0.717) is 23.5 Å². The maximum atomic E-state index is 12.9. The zero-order chi connectivity index (χ0) is 24.9. The maximum Gasteiger partial charge on any atom is 0.329 e. The highest BCUT2D eigenvalue weighted by Gasteiger charge is 2.28. The van der Waals surface area contributed by atoms with Gasteiger partial charge >= 0.3 is 5.97 Å². The van der Waals surface area contributed by atoms with E-state index in [1.165, 1.54) is 11.1 Å². The Morgan fingerprint density at radius 1 is 0.914 bits per heavy atom. The zero-order valence-corrected chi connectivity index (χ0v) is 20.2. The average Bonchev–Trinajstić information content (AvgIpc) is 3.23. The summed E-state index contributed by atoms with van der Waals surface area (Å²) in [5, 5.41) is 2.74. The second-order valence-electron chi connectivity index (χ2n) is 8.86. The Kier molecular flexibility index (Phi) is 7.30. The highest BCUT2D eigenvalue weighted by molar-refractivity contribution is 6.01. The summed E-state index contributed by atoms with van der Waals surface area (Å²) >= 11 is 0. The van der Waals surface area contributed by atoms with Crippen LogP contribution in [0.25, 0.3) is 11.1 Å². The summed E-state index contributed by atoms with van der Waals surface area (Å²) in [5.74, 6) is -1.18. The van der Waals surface area contributed by atoms with Gasteiger partial charge in [-0.2, -0.15) is 0 Å². The number of ether oxygens (including phenoxy) is 2. The van der Waals surface area contributed by atoms with Crippen LogP contribution in [0.2, 0.25) is 0 Å². The largest absolute Gasteiger partial charge is 0.493 e. The molecule has 0 fully saturated rings.